The molecule has 0 aromatic heterocycles. The van der Waals surface area contributed by atoms with E-state index in [9.17, 15) is 4.79 Å². The van der Waals surface area contributed by atoms with Crippen molar-refractivity contribution >= 4 is 34.1 Å². The monoisotopic (exact) mass is 465 g/mol. The van der Waals surface area contributed by atoms with Gasteiger partial charge in [0.15, 0.2) is 0 Å². The molecule has 1 aromatic rings. The Hall–Kier alpha value is -1.06. The minimum absolute atomic E-state index is 0.866. The number of benzene rings is 1. The van der Waals surface area contributed by atoms with Crippen molar-refractivity contribution in [2.24, 2.45) is 4.99 Å². The van der Waals surface area contributed by atoms with E-state index in [-0.39, 0.29) is 0 Å². The second-order valence-electron chi connectivity index (χ2n) is 7.08. The molecule has 0 radical (unpaired) electrons. The number of hydrogen-bond acceptors (Lipinski definition) is 3. The number of hydrogen-bond donors (Lipinski definition) is 0. The zero-order valence-electron chi connectivity index (χ0n) is 17.0. The molecule has 0 aliphatic carbocycles. The summed E-state index contributed by atoms with van der Waals surface area (Å²) in [5, 5.41) is 0. The van der Waals surface area contributed by atoms with E-state index in [4.69, 9.17) is 4.74 Å². The fourth-order valence-corrected chi connectivity index (χ4v) is 20.5. The Balaban J connectivity index is 3.45. The quantitative estimate of drug-likeness (QED) is 0.202. The van der Waals surface area contributed by atoms with E-state index in [1.807, 2.05) is 6.08 Å². The van der Waals surface area contributed by atoms with E-state index in [2.05, 4.69) is 44.0 Å². The Bertz CT molecular complexity index is 584. The zero-order valence-corrected chi connectivity index (χ0v) is 19.9. The molecule has 0 saturated heterocycles. The van der Waals surface area contributed by atoms with Gasteiger partial charge in [-0.1, -0.05) is 0 Å². The van der Waals surface area contributed by atoms with Crippen molar-refractivity contribution in [3.05, 3.63) is 30.0 Å². The van der Waals surface area contributed by atoms with Gasteiger partial charge in [0.25, 0.3) is 0 Å². The SMILES string of the molecule is CCC[CH2][Sn]([CH2]CCC)([CH2]CCC)[c]1ccc(OC)cc1C=CN=C=O. The molecule has 3 nitrogen and oxygen atoms in total. The van der Waals surface area contributed by atoms with Gasteiger partial charge in [-0.3, -0.25) is 0 Å². The van der Waals surface area contributed by atoms with E-state index >= 15 is 0 Å². The number of nitrogens with zero attached hydrogens (tertiary/aromatic N) is 1. The second-order valence-corrected chi connectivity index (χ2v) is 20.2. The molecule has 0 amide bonds. The van der Waals surface area contributed by atoms with Gasteiger partial charge < -0.3 is 0 Å². The van der Waals surface area contributed by atoms with Crippen LogP contribution in [0.1, 0.15) is 64.9 Å². The van der Waals surface area contributed by atoms with Crippen LogP contribution in [0.3, 0.4) is 0 Å². The van der Waals surface area contributed by atoms with Crippen molar-refractivity contribution in [2.45, 2.75) is 72.6 Å². The normalized spacial score (nSPS) is 11.5. The number of aliphatic imine (C=N–C) groups is 1. The molecular formula is C22H35NO2Sn. The van der Waals surface area contributed by atoms with Crippen molar-refractivity contribution < 1.29 is 9.53 Å². The van der Waals surface area contributed by atoms with Gasteiger partial charge in [0.1, 0.15) is 0 Å². The summed E-state index contributed by atoms with van der Waals surface area (Å²) in [6.07, 6.45) is 12.9. The molecule has 0 unspecified atom stereocenters. The van der Waals surface area contributed by atoms with Gasteiger partial charge in [-0.25, -0.2) is 0 Å². The van der Waals surface area contributed by atoms with Crippen molar-refractivity contribution in [3.8, 4) is 5.75 Å². The van der Waals surface area contributed by atoms with E-state index in [0.717, 1.165) is 5.75 Å². The fraction of sp³-hybridized carbons (Fsp3) is 0.591. The van der Waals surface area contributed by atoms with Crippen LogP contribution in [0.5, 0.6) is 5.75 Å². The first-order chi connectivity index (χ1) is 12.7. The predicted octanol–water partition coefficient (Wildman–Crippen LogP) is 6.06. The van der Waals surface area contributed by atoms with Gasteiger partial charge in [-0.15, -0.1) is 0 Å². The van der Waals surface area contributed by atoms with Crippen molar-refractivity contribution in [3.63, 3.8) is 0 Å². The number of methoxy groups -OCH3 is 1. The van der Waals surface area contributed by atoms with Gasteiger partial charge in [0.2, 0.25) is 0 Å². The third-order valence-corrected chi connectivity index (χ3v) is 21.0. The van der Waals surface area contributed by atoms with E-state index in [1.54, 1.807) is 23.0 Å². The summed E-state index contributed by atoms with van der Waals surface area (Å²) in [5.41, 5.74) is 1.20. The molecule has 0 heterocycles. The molecule has 4 heteroatoms. The number of rotatable bonds is 13. The van der Waals surface area contributed by atoms with Crippen LogP contribution in [0, 0.1) is 0 Å². The Morgan fingerprint density at radius 2 is 1.62 bits per heavy atom. The maximum atomic E-state index is 10.5. The summed E-state index contributed by atoms with van der Waals surface area (Å²) in [6.45, 7) is 6.89. The molecule has 0 saturated carbocycles. The van der Waals surface area contributed by atoms with Crippen molar-refractivity contribution in [1.29, 1.82) is 0 Å². The Morgan fingerprint density at radius 1 is 1.04 bits per heavy atom. The predicted molar refractivity (Wildman–Crippen MR) is 115 cm³/mol. The first-order valence-corrected chi connectivity index (χ1v) is 17.6. The molecule has 0 N–H and O–H groups in total. The molecule has 144 valence electrons. The molecule has 26 heavy (non-hydrogen) atoms. The van der Waals surface area contributed by atoms with Crippen molar-refractivity contribution in [2.75, 3.05) is 7.11 Å². The first kappa shape index (κ1) is 23.0. The van der Waals surface area contributed by atoms with Crippen LogP contribution in [0.2, 0.25) is 13.3 Å². The topological polar surface area (TPSA) is 38.7 Å². The maximum absolute atomic E-state index is 10.5. The van der Waals surface area contributed by atoms with Crippen LogP contribution >= 0.6 is 0 Å². The standard InChI is InChI=1S/C10H8NO2.3C4H9.Sn/c1-13-10-4-2-3-9(7-10)5-6-11-8-12;3*1-3-4-2;/h2,4-7H,1H3;3*1,3-4H2,2H3;. The Kier molecular flexibility index (Phi) is 11.6. The number of isocyanates is 1. The molecule has 0 aliphatic rings. The summed E-state index contributed by atoms with van der Waals surface area (Å²) in [5.74, 6) is 0.866. The Labute approximate surface area is 163 Å². The molecule has 0 aliphatic heterocycles. The summed E-state index contributed by atoms with van der Waals surface area (Å²) >= 11 is -2.54. The summed E-state index contributed by atoms with van der Waals surface area (Å²) in [7, 11) is 1.70. The number of ether oxygens (including phenoxy) is 1. The van der Waals surface area contributed by atoms with Gasteiger partial charge in [-0.05, 0) is 0 Å². The number of carbonyl (C=O) groups excluding carboxylic acids is 1. The van der Waals surface area contributed by atoms with Crippen LogP contribution in [0.4, 0.5) is 0 Å². The van der Waals surface area contributed by atoms with E-state index < -0.39 is 18.4 Å². The summed E-state index contributed by atoms with van der Waals surface area (Å²) in [6, 6.07) is 6.55. The van der Waals surface area contributed by atoms with Gasteiger partial charge in [0, 0.05) is 0 Å². The van der Waals surface area contributed by atoms with Crippen molar-refractivity contribution in [1.82, 2.24) is 0 Å². The third kappa shape index (κ3) is 6.92. The first-order valence-electron chi connectivity index (χ1n) is 10.1. The van der Waals surface area contributed by atoms with Crippen LogP contribution < -0.4 is 8.32 Å². The summed E-state index contributed by atoms with van der Waals surface area (Å²) in [4.78, 5) is 14.1. The van der Waals surface area contributed by atoms with Crippen LogP contribution in [0.25, 0.3) is 6.08 Å². The fourth-order valence-electron chi connectivity index (χ4n) is 3.76. The zero-order chi connectivity index (χ0) is 19.3. The van der Waals surface area contributed by atoms with E-state index in [1.165, 1.54) is 57.4 Å². The average Bonchev–Trinajstić information content (AvgIpc) is 2.68. The molecule has 1 rings (SSSR count). The molecule has 0 bridgehead atoms. The Morgan fingerprint density at radius 3 is 2.08 bits per heavy atom. The van der Waals surface area contributed by atoms with Gasteiger partial charge >= 0.3 is 164 Å². The van der Waals surface area contributed by atoms with Gasteiger partial charge in [-0.2, -0.15) is 0 Å². The molecule has 0 spiro atoms. The molecule has 0 fully saturated rings. The van der Waals surface area contributed by atoms with Crippen LogP contribution in [-0.2, 0) is 4.79 Å². The molecular weight excluding hydrogens is 429 g/mol. The van der Waals surface area contributed by atoms with Gasteiger partial charge in [0.05, 0.1) is 0 Å². The van der Waals surface area contributed by atoms with E-state index in [0.29, 0.717) is 0 Å². The third-order valence-electron chi connectivity index (χ3n) is 5.24. The van der Waals surface area contributed by atoms with Crippen LogP contribution in [-0.4, -0.2) is 31.6 Å². The molecule has 1 aromatic carbocycles. The second kappa shape index (κ2) is 13.2. The average molecular weight is 464 g/mol. The minimum atomic E-state index is -2.54. The summed E-state index contributed by atoms with van der Waals surface area (Å²) < 4.78 is 11.3. The number of unbranched alkanes of at least 4 members (excludes halogenated alkanes) is 3. The van der Waals surface area contributed by atoms with Crippen LogP contribution in [0.15, 0.2) is 29.4 Å². The molecule has 0 atom stereocenters.